The molecule has 1 aromatic heterocycles. The van der Waals surface area contributed by atoms with Crippen molar-refractivity contribution in [2.24, 2.45) is 0 Å². The van der Waals surface area contributed by atoms with Gasteiger partial charge in [0.2, 0.25) is 5.91 Å². The number of nitrogens with zero attached hydrogens (tertiary/aromatic N) is 1. The summed E-state index contributed by atoms with van der Waals surface area (Å²) in [5, 5.41) is 1.67. The summed E-state index contributed by atoms with van der Waals surface area (Å²) < 4.78 is 56.1. The molecular formula is C19H15Cl2N3O5S3. The van der Waals surface area contributed by atoms with E-state index in [0.717, 1.165) is 11.3 Å². The van der Waals surface area contributed by atoms with Crippen molar-refractivity contribution < 1.29 is 21.6 Å². The largest absolute Gasteiger partial charge is 0.315 e. The van der Waals surface area contributed by atoms with E-state index in [2.05, 4.69) is 9.44 Å². The van der Waals surface area contributed by atoms with E-state index in [4.69, 9.17) is 23.2 Å². The molecule has 1 aliphatic rings. The molecule has 1 amide bonds. The average molecular weight is 532 g/mol. The van der Waals surface area contributed by atoms with Crippen molar-refractivity contribution in [1.82, 2.24) is 0 Å². The lowest BCUT2D eigenvalue weighted by Gasteiger charge is -2.16. The maximum atomic E-state index is 13.0. The third kappa shape index (κ3) is 4.30. The normalized spacial score (nSPS) is 13.8. The van der Waals surface area contributed by atoms with Crippen LogP contribution in [0.1, 0.15) is 5.56 Å². The highest BCUT2D eigenvalue weighted by Crippen LogP contribution is 2.36. The molecule has 1 aliphatic heterocycles. The van der Waals surface area contributed by atoms with E-state index in [9.17, 15) is 21.6 Å². The number of amides is 1. The first kappa shape index (κ1) is 22.9. The van der Waals surface area contributed by atoms with Crippen LogP contribution in [0.25, 0.3) is 0 Å². The zero-order valence-corrected chi connectivity index (χ0v) is 20.3. The van der Waals surface area contributed by atoms with Crippen LogP contribution < -0.4 is 14.3 Å². The number of likely N-dealkylation sites (N-methyl/N-ethyl adjacent to an activating group) is 1. The monoisotopic (exact) mass is 531 g/mol. The van der Waals surface area contributed by atoms with Gasteiger partial charge in [0.05, 0.1) is 32.7 Å². The highest BCUT2D eigenvalue weighted by atomic mass is 35.5. The van der Waals surface area contributed by atoms with Gasteiger partial charge < -0.3 is 4.90 Å². The van der Waals surface area contributed by atoms with Gasteiger partial charge in [-0.1, -0.05) is 29.3 Å². The molecule has 0 unspecified atom stereocenters. The molecule has 0 aliphatic carbocycles. The topological polar surface area (TPSA) is 113 Å². The lowest BCUT2D eigenvalue weighted by molar-refractivity contribution is -0.117. The number of hydrogen-bond donors (Lipinski definition) is 2. The van der Waals surface area contributed by atoms with Gasteiger partial charge in [-0.15, -0.1) is 11.3 Å². The van der Waals surface area contributed by atoms with Crippen LogP contribution in [0.5, 0.6) is 0 Å². The van der Waals surface area contributed by atoms with E-state index >= 15 is 0 Å². The second-order valence-electron chi connectivity index (χ2n) is 6.88. The Kier molecular flexibility index (Phi) is 5.88. The number of carbonyl (C=O) groups excluding carboxylic acids is 1. The van der Waals surface area contributed by atoms with Gasteiger partial charge in [0, 0.05) is 12.7 Å². The van der Waals surface area contributed by atoms with Crippen molar-refractivity contribution in [2.45, 2.75) is 15.5 Å². The van der Waals surface area contributed by atoms with Gasteiger partial charge in [-0.25, -0.2) is 16.8 Å². The zero-order chi connectivity index (χ0) is 23.3. The summed E-state index contributed by atoms with van der Waals surface area (Å²) in [7, 11) is -6.51. The fraction of sp³-hybridized carbons (Fsp3) is 0.105. The van der Waals surface area contributed by atoms with Crippen molar-refractivity contribution >= 4 is 77.6 Å². The summed E-state index contributed by atoms with van der Waals surface area (Å²) in [4.78, 5) is 13.3. The number of hydrogen-bond acceptors (Lipinski definition) is 6. The van der Waals surface area contributed by atoms with Crippen LogP contribution in [0.2, 0.25) is 10.0 Å². The van der Waals surface area contributed by atoms with Crippen molar-refractivity contribution in [3.05, 3.63) is 63.5 Å². The van der Waals surface area contributed by atoms with E-state index in [1.807, 2.05) is 0 Å². The van der Waals surface area contributed by atoms with Crippen LogP contribution in [0.15, 0.2) is 56.9 Å². The summed E-state index contributed by atoms with van der Waals surface area (Å²) in [6.07, 6.45) is 0.0911. The molecule has 4 rings (SSSR count). The summed E-state index contributed by atoms with van der Waals surface area (Å²) in [5.41, 5.74) is 1.02. The zero-order valence-electron chi connectivity index (χ0n) is 16.3. The Bertz CT molecular complexity index is 1440. The van der Waals surface area contributed by atoms with Gasteiger partial charge in [-0.05, 0) is 47.3 Å². The molecule has 0 atom stereocenters. The van der Waals surface area contributed by atoms with Gasteiger partial charge in [0.1, 0.15) is 4.21 Å². The standard InChI is InChI=1S/C19H15Cl2N3O5S3/c1-24-17-5-4-12(7-11(17)8-18(24)25)31(26,27)22-15-9-13(20)14(21)10-16(15)23-32(28,29)19-3-2-6-30-19/h2-7,9-10,22-23H,8H2,1H3. The van der Waals surface area contributed by atoms with E-state index in [1.54, 1.807) is 24.6 Å². The van der Waals surface area contributed by atoms with Crippen molar-refractivity contribution in [3.63, 3.8) is 0 Å². The number of benzene rings is 2. The SMILES string of the molecule is CN1C(=O)Cc2cc(S(=O)(=O)Nc3cc(Cl)c(Cl)cc3NS(=O)(=O)c3cccs3)ccc21. The van der Waals surface area contributed by atoms with Crippen LogP contribution in [0.3, 0.4) is 0 Å². The van der Waals surface area contributed by atoms with Crippen LogP contribution in [0, 0.1) is 0 Å². The van der Waals surface area contributed by atoms with Crippen LogP contribution in [0.4, 0.5) is 17.1 Å². The maximum absolute atomic E-state index is 13.0. The maximum Gasteiger partial charge on any atom is 0.271 e. The predicted molar refractivity (Wildman–Crippen MR) is 126 cm³/mol. The Morgan fingerprint density at radius 1 is 0.938 bits per heavy atom. The fourth-order valence-electron chi connectivity index (χ4n) is 3.14. The molecule has 0 bridgehead atoms. The first-order chi connectivity index (χ1) is 15.0. The third-order valence-corrected chi connectivity index (χ3v) is 9.60. The van der Waals surface area contributed by atoms with Gasteiger partial charge in [-0.3, -0.25) is 14.2 Å². The summed E-state index contributed by atoms with van der Waals surface area (Å²) >= 11 is 13.1. The van der Waals surface area contributed by atoms with Crippen molar-refractivity contribution in [2.75, 3.05) is 21.4 Å². The number of fused-ring (bicyclic) bond motifs is 1. The van der Waals surface area contributed by atoms with Gasteiger partial charge in [0.25, 0.3) is 20.0 Å². The molecule has 168 valence electrons. The Labute approximate surface area is 198 Å². The number of carbonyl (C=O) groups is 1. The van der Waals surface area contributed by atoms with Gasteiger partial charge >= 0.3 is 0 Å². The molecule has 2 aromatic carbocycles. The second kappa shape index (κ2) is 8.23. The summed E-state index contributed by atoms with van der Waals surface area (Å²) in [5.74, 6) is -0.141. The van der Waals surface area contributed by atoms with Gasteiger partial charge in [-0.2, -0.15) is 0 Å². The van der Waals surface area contributed by atoms with E-state index < -0.39 is 20.0 Å². The highest BCUT2D eigenvalue weighted by Gasteiger charge is 2.27. The Morgan fingerprint density at radius 3 is 2.16 bits per heavy atom. The van der Waals surface area contributed by atoms with Crippen LogP contribution >= 0.6 is 34.5 Å². The molecular weight excluding hydrogens is 517 g/mol. The minimum atomic E-state index is -4.15. The number of halogens is 2. The van der Waals surface area contributed by atoms with E-state index in [0.29, 0.717) is 11.3 Å². The average Bonchev–Trinajstić information content (AvgIpc) is 3.35. The Morgan fingerprint density at radius 2 is 1.56 bits per heavy atom. The molecule has 2 heterocycles. The molecule has 3 aromatic rings. The van der Waals surface area contributed by atoms with Crippen LogP contribution in [-0.4, -0.2) is 29.8 Å². The van der Waals surface area contributed by atoms with Crippen molar-refractivity contribution in [3.8, 4) is 0 Å². The van der Waals surface area contributed by atoms with Gasteiger partial charge in [0.15, 0.2) is 0 Å². The number of anilines is 3. The fourth-order valence-corrected chi connectivity index (χ4v) is 6.66. The minimum absolute atomic E-state index is 0.0320. The molecule has 8 nitrogen and oxygen atoms in total. The van der Waals surface area contributed by atoms with E-state index in [1.165, 1.54) is 35.2 Å². The predicted octanol–water partition coefficient (Wildman–Crippen LogP) is 4.18. The molecule has 0 saturated carbocycles. The third-order valence-electron chi connectivity index (χ3n) is 4.75. The Balaban J connectivity index is 1.71. The molecule has 0 radical (unpaired) electrons. The number of thiophene rings is 1. The highest BCUT2D eigenvalue weighted by molar-refractivity contribution is 7.94. The number of sulfonamides is 2. The summed E-state index contributed by atoms with van der Waals surface area (Å²) in [6, 6.07) is 9.76. The van der Waals surface area contributed by atoms with Crippen molar-refractivity contribution in [1.29, 1.82) is 0 Å². The lowest BCUT2D eigenvalue weighted by Crippen LogP contribution is -2.20. The quantitative estimate of drug-likeness (QED) is 0.495. The van der Waals surface area contributed by atoms with Crippen LogP contribution in [-0.2, 0) is 31.3 Å². The number of rotatable bonds is 6. The number of nitrogens with one attached hydrogen (secondary N) is 2. The first-order valence-electron chi connectivity index (χ1n) is 8.95. The lowest BCUT2D eigenvalue weighted by atomic mass is 10.2. The first-order valence-corrected chi connectivity index (χ1v) is 13.6. The molecule has 0 fully saturated rings. The second-order valence-corrected chi connectivity index (χ2v) is 12.2. The minimum Gasteiger partial charge on any atom is -0.315 e. The summed E-state index contributed by atoms with van der Waals surface area (Å²) in [6.45, 7) is 0. The smallest absolute Gasteiger partial charge is 0.271 e. The Hall–Kier alpha value is -2.31. The molecule has 0 saturated heterocycles. The van der Waals surface area contributed by atoms with E-state index in [-0.39, 0.29) is 42.9 Å². The molecule has 0 spiro atoms. The molecule has 2 N–H and O–H groups in total. The molecule has 13 heteroatoms. The molecule has 32 heavy (non-hydrogen) atoms.